The summed E-state index contributed by atoms with van der Waals surface area (Å²) in [6.07, 6.45) is 10.5. The molecule has 3 aromatic rings. The standard InChI is InChI=1S/C25H28N2O2/c1-3-4-5-6-7-8-17-29-23-13-9-12-22(19-23)27(2)25(28)21-14-15-24-20(18-21)11-10-16-26-24/h5-6,9-16,18-19H,3-4,7-8,17H2,1-2H3. The van der Waals surface area contributed by atoms with Crippen molar-refractivity contribution in [2.75, 3.05) is 18.6 Å². The minimum Gasteiger partial charge on any atom is -0.494 e. The molecule has 150 valence electrons. The van der Waals surface area contributed by atoms with Crippen LogP contribution in [-0.2, 0) is 0 Å². The molecule has 0 atom stereocenters. The van der Waals surface area contributed by atoms with E-state index < -0.39 is 0 Å². The number of carbonyl (C=O) groups excluding carboxylic acids is 1. The van der Waals surface area contributed by atoms with Crippen LogP contribution in [0.15, 0.2) is 72.9 Å². The SMILES string of the molecule is CCCC=CCCCOc1cccc(N(C)C(=O)c2ccc3ncccc3c2)c1. The van der Waals surface area contributed by atoms with E-state index in [1.807, 2.05) is 54.6 Å². The van der Waals surface area contributed by atoms with Gasteiger partial charge in [-0.2, -0.15) is 0 Å². The number of rotatable bonds is 9. The second-order valence-electron chi connectivity index (χ2n) is 7.02. The summed E-state index contributed by atoms with van der Waals surface area (Å²) in [7, 11) is 1.79. The van der Waals surface area contributed by atoms with Gasteiger partial charge in [-0.1, -0.05) is 37.6 Å². The van der Waals surface area contributed by atoms with Gasteiger partial charge >= 0.3 is 0 Å². The van der Waals surface area contributed by atoms with Crippen LogP contribution >= 0.6 is 0 Å². The Hall–Kier alpha value is -3.14. The van der Waals surface area contributed by atoms with Gasteiger partial charge in [0.25, 0.3) is 5.91 Å². The molecule has 4 heteroatoms. The van der Waals surface area contributed by atoms with Crippen LogP contribution in [0.1, 0.15) is 43.0 Å². The number of fused-ring (bicyclic) bond motifs is 1. The van der Waals surface area contributed by atoms with Crippen molar-refractivity contribution < 1.29 is 9.53 Å². The number of nitrogens with zero attached hydrogens (tertiary/aromatic N) is 2. The summed E-state index contributed by atoms with van der Waals surface area (Å²) in [5.41, 5.74) is 2.33. The number of allylic oxidation sites excluding steroid dienone is 2. The van der Waals surface area contributed by atoms with Crippen LogP contribution < -0.4 is 9.64 Å². The van der Waals surface area contributed by atoms with Gasteiger partial charge in [-0.15, -0.1) is 0 Å². The van der Waals surface area contributed by atoms with E-state index in [2.05, 4.69) is 24.1 Å². The lowest BCUT2D eigenvalue weighted by Crippen LogP contribution is -2.26. The Morgan fingerprint density at radius 3 is 2.79 bits per heavy atom. The third-order valence-corrected chi connectivity index (χ3v) is 4.77. The van der Waals surface area contributed by atoms with Crippen LogP contribution in [0.25, 0.3) is 10.9 Å². The van der Waals surface area contributed by atoms with Gasteiger partial charge in [0.15, 0.2) is 0 Å². The summed E-state index contributed by atoms with van der Waals surface area (Å²) >= 11 is 0. The molecule has 1 heterocycles. The zero-order chi connectivity index (χ0) is 20.5. The number of anilines is 1. The van der Waals surface area contributed by atoms with Crippen molar-refractivity contribution in [3.63, 3.8) is 0 Å². The van der Waals surface area contributed by atoms with Crippen molar-refractivity contribution >= 4 is 22.5 Å². The molecule has 29 heavy (non-hydrogen) atoms. The van der Waals surface area contributed by atoms with E-state index in [1.165, 1.54) is 6.42 Å². The Kier molecular flexibility index (Phi) is 7.40. The van der Waals surface area contributed by atoms with E-state index in [1.54, 1.807) is 18.1 Å². The molecule has 1 amide bonds. The molecular weight excluding hydrogens is 360 g/mol. The molecule has 0 unspecified atom stereocenters. The highest BCUT2D eigenvalue weighted by Gasteiger charge is 2.14. The maximum absolute atomic E-state index is 12.9. The summed E-state index contributed by atoms with van der Waals surface area (Å²) < 4.78 is 5.87. The maximum atomic E-state index is 12.9. The van der Waals surface area contributed by atoms with Crippen LogP contribution in [0.2, 0.25) is 0 Å². The Morgan fingerprint density at radius 2 is 1.93 bits per heavy atom. The zero-order valence-electron chi connectivity index (χ0n) is 17.2. The lowest BCUT2D eigenvalue weighted by Gasteiger charge is -2.18. The van der Waals surface area contributed by atoms with Gasteiger partial charge in [-0.25, -0.2) is 0 Å². The molecule has 0 aliphatic carbocycles. The summed E-state index contributed by atoms with van der Waals surface area (Å²) in [5, 5.41) is 0.955. The summed E-state index contributed by atoms with van der Waals surface area (Å²) in [6, 6.07) is 17.1. The predicted octanol–water partition coefficient (Wildman–Crippen LogP) is 6.03. The fraction of sp³-hybridized carbons (Fsp3) is 0.280. The number of hydrogen-bond acceptors (Lipinski definition) is 3. The van der Waals surface area contributed by atoms with Gasteiger partial charge in [-0.3, -0.25) is 9.78 Å². The first-order chi connectivity index (χ1) is 14.2. The fourth-order valence-corrected chi connectivity index (χ4v) is 3.10. The monoisotopic (exact) mass is 388 g/mol. The predicted molar refractivity (Wildman–Crippen MR) is 120 cm³/mol. The summed E-state index contributed by atoms with van der Waals surface area (Å²) in [6.45, 7) is 2.84. The van der Waals surface area contributed by atoms with Crippen molar-refractivity contribution in [3.8, 4) is 5.75 Å². The van der Waals surface area contributed by atoms with E-state index in [4.69, 9.17) is 4.74 Å². The van der Waals surface area contributed by atoms with Gasteiger partial charge in [-0.05, 0) is 55.7 Å². The first-order valence-corrected chi connectivity index (χ1v) is 10.2. The van der Waals surface area contributed by atoms with Crippen molar-refractivity contribution in [3.05, 3.63) is 78.5 Å². The molecule has 0 saturated carbocycles. The van der Waals surface area contributed by atoms with Crippen LogP contribution in [0.5, 0.6) is 5.75 Å². The number of unbranched alkanes of at least 4 members (excludes halogenated alkanes) is 2. The van der Waals surface area contributed by atoms with Gasteiger partial charge in [0.2, 0.25) is 0 Å². The second-order valence-corrected chi connectivity index (χ2v) is 7.02. The molecule has 0 N–H and O–H groups in total. The largest absolute Gasteiger partial charge is 0.494 e. The Bertz CT molecular complexity index is 981. The normalized spacial score (nSPS) is 11.1. The Balaban J connectivity index is 1.62. The van der Waals surface area contributed by atoms with Gasteiger partial charge in [0.1, 0.15) is 5.75 Å². The quantitative estimate of drug-likeness (QED) is 0.332. The average Bonchev–Trinajstić information content (AvgIpc) is 2.77. The van der Waals surface area contributed by atoms with Gasteiger partial charge in [0, 0.05) is 35.9 Å². The number of hydrogen-bond donors (Lipinski definition) is 0. The van der Waals surface area contributed by atoms with E-state index in [0.29, 0.717) is 12.2 Å². The third-order valence-electron chi connectivity index (χ3n) is 4.77. The molecule has 0 saturated heterocycles. The molecule has 0 fully saturated rings. The summed E-state index contributed by atoms with van der Waals surface area (Å²) in [5.74, 6) is 0.719. The highest BCUT2D eigenvalue weighted by molar-refractivity contribution is 6.07. The molecule has 3 rings (SSSR count). The topological polar surface area (TPSA) is 42.4 Å². The van der Waals surface area contributed by atoms with Crippen LogP contribution in [0, 0.1) is 0 Å². The number of ether oxygens (including phenoxy) is 1. The Labute approximate surface area is 172 Å². The van der Waals surface area contributed by atoms with Gasteiger partial charge in [0.05, 0.1) is 12.1 Å². The molecular formula is C25H28N2O2. The number of benzene rings is 2. The van der Waals surface area contributed by atoms with E-state index >= 15 is 0 Å². The van der Waals surface area contributed by atoms with Gasteiger partial charge < -0.3 is 9.64 Å². The van der Waals surface area contributed by atoms with Crippen LogP contribution in [-0.4, -0.2) is 24.5 Å². The highest BCUT2D eigenvalue weighted by Crippen LogP contribution is 2.23. The molecule has 2 aromatic carbocycles. The molecule has 1 aromatic heterocycles. The zero-order valence-corrected chi connectivity index (χ0v) is 17.2. The van der Waals surface area contributed by atoms with E-state index in [-0.39, 0.29) is 5.91 Å². The van der Waals surface area contributed by atoms with Crippen molar-refractivity contribution in [2.45, 2.75) is 32.6 Å². The van der Waals surface area contributed by atoms with Crippen LogP contribution in [0.3, 0.4) is 0 Å². The molecule has 4 nitrogen and oxygen atoms in total. The Morgan fingerprint density at radius 1 is 1.07 bits per heavy atom. The maximum Gasteiger partial charge on any atom is 0.258 e. The molecule has 0 spiro atoms. The number of aromatic nitrogens is 1. The first-order valence-electron chi connectivity index (χ1n) is 10.2. The first kappa shape index (κ1) is 20.6. The molecule has 0 aliphatic rings. The lowest BCUT2D eigenvalue weighted by atomic mass is 10.1. The van der Waals surface area contributed by atoms with E-state index in [9.17, 15) is 4.79 Å². The number of amides is 1. The smallest absolute Gasteiger partial charge is 0.258 e. The summed E-state index contributed by atoms with van der Waals surface area (Å²) in [4.78, 5) is 18.9. The third kappa shape index (κ3) is 5.67. The van der Waals surface area contributed by atoms with E-state index in [0.717, 1.165) is 41.6 Å². The van der Waals surface area contributed by atoms with Crippen LogP contribution in [0.4, 0.5) is 5.69 Å². The number of carbonyl (C=O) groups is 1. The number of pyridine rings is 1. The molecule has 0 bridgehead atoms. The average molecular weight is 389 g/mol. The lowest BCUT2D eigenvalue weighted by molar-refractivity contribution is 0.0993. The molecule has 0 radical (unpaired) electrons. The van der Waals surface area contributed by atoms with Crippen molar-refractivity contribution in [2.24, 2.45) is 0 Å². The minimum absolute atomic E-state index is 0.0611. The minimum atomic E-state index is -0.0611. The highest BCUT2D eigenvalue weighted by atomic mass is 16.5. The second kappa shape index (κ2) is 10.4. The van der Waals surface area contributed by atoms with Crippen molar-refractivity contribution in [1.82, 2.24) is 4.98 Å². The molecule has 0 aliphatic heterocycles. The fourth-order valence-electron chi connectivity index (χ4n) is 3.10. The van der Waals surface area contributed by atoms with Crippen molar-refractivity contribution in [1.29, 1.82) is 0 Å².